The molecule has 3 aliphatic rings. The van der Waals surface area contributed by atoms with Gasteiger partial charge in [-0.3, -0.25) is 0 Å². The van der Waals surface area contributed by atoms with Crippen molar-refractivity contribution in [3.8, 4) is 22.9 Å². The molecule has 0 radical (unpaired) electrons. The van der Waals surface area contributed by atoms with Crippen molar-refractivity contribution >= 4 is 11.3 Å². The van der Waals surface area contributed by atoms with Gasteiger partial charge in [0.15, 0.2) is 0 Å². The molecule has 1 N–H and O–H groups in total. The Kier molecular flexibility index (Phi) is 4.96. The number of rotatable bonds is 6. The van der Waals surface area contributed by atoms with Crippen molar-refractivity contribution < 1.29 is 4.74 Å². The molecule has 7 heteroatoms. The number of hydrogen-bond donors (Lipinski definition) is 1. The molecule has 170 valence electrons. The first-order valence-corrected chi connectivity index (χ1v) is 11.7. The number of aromatic nitrogens is 3. The molecule has 2 atom stereocenters. The molecule has 2 bridgehead atoms. The minimum absolute atomic E-state index is 0.235. The summed E-state index contributed by atoms with van der Waals surface area (Å²) in [5, 5.41) is 17.8. The number of nitrogens with one attached hydrogen (secondary N) is 1. The van der Waals surface area contributed by atoms with E-state index in [1.807, 2.05) is 48.8 Å². The van der Waals surface area contributed by atoms with Gasteiger partial charge >= 0.3 is 0 Å². The summed E-state index contributed by atoms with van der Waals surface area (Å²) >= 11 is 0. The maximum Gasteiger partial charge on any atom is 0.138 e. The minimum atomic E-state index is 0.235. The van der Waals surface area contributed by atoms with Crippen LogP contribution in [0, 0.1) is 11.3 Å². The first kappa shape index (κ1) is 20.7. The van der Waals surface area contributed by atoms with Crippen molar-refractivity contribution in [2.45, 2.75) is 38.0 Å². The number of benzene rings is 1. The number of anilines is 1. The number of fused-ring (bicyclic) bond motifs is 3. The zero-order chi connectivity index (χ0) is 23.1. The molecule has 3 aliphatic heterocycles. The van der Waals surface area contributed by atoms with Gasteiger partial charge < -0.3 is 15.0 Å². The molecule has 0 spiro atoms. The number of piperidine rings is 1. The number of pyridine rings is 2. The fourth-order valence-electron chi connectivity index (χ4n) is 5.28. The third-order valence-corrected chi connectivity index (χ3v) is 7.10. The second kappa shape index (κ2) is 8.15. The molecule has 1 aromatic carbocycles. The zero-order valence-corrected chi connectivity index (χ0v) is 19.1. The third kappa shape index (κ3) is 3.57. The maximum atomic E-state index is 9.65. The number of piperazine rings is 1. The fourth-order valence-corrected chi connectivity index (χ4v) is 5.28. The summed E-state index contributed by atoms with van der Waals surface area (Å²) in [5.41, 5.74) is 4.43. The van der Waals surface area contributed by atoms with E-state index in [1.54, 1.807) is 10.7 Å². The lowest BCUT2D eigenvalue weighted by molar-refractivity contribution is 0.103. The van der Waals surface area contributed by atoms with Crippen LogP contribution >= 0.6 is 0 Å². The van der Waals surface area contributed by atoms with Crippen LogP contribution in [0.5, 0.6) is 5.75 Å². The number of nitriles is 1. The quantitative estimate of drug-likeness (QED) is 0.475. The summed E-state index contributed by atoms with van der Waals surface area (Å²) in [7, 11) is 0. The summed E-state index contributed by atoms with van der Waals surface area (Å²) in [4.78, 5) is 7.20. The van der Waals surface area contributed by atoms with E-state index in [9.17, 15) is 5.26 Å². The average Bonchev–Trinajstić information content (AvgIpc) is 3.30. The summed E-state index contributed by atoms with van der Waals surface area (Å²) in [6.07, 6.45) is 7.69. The number of ether oxygens (including phenoxy) is 1. The molecule has 0 amide bonds. The Labute approximate surface area is 198 Å². The molecule has 0 saturated carbocycles. The normalized spacial score (nSPS) is 21.2. The predicted octanol–water partition coefficient (Wildman–Crippen LogP) is 4.18. The van der Waals surface area contributed by atoms with Crippen molar-refractivity contribution in [3.63, 3.8) is 0 Å². The molecule has 4 aromatic rings. The van der Waals surface area contributed by atoms with Crippen LogP contribution in [0.15, 0.2) is 67.1 Å². The lowest BCUT2D eigenvalue weighted by Gasteiger charge is -2.57. The summed E-state index contributed by atoms with van der Waals surface area (Å²) in [6.45, 7) is 4.68. The van der Waals surface area contributed by atoms with Crippen LogP contribution in [-0.4, -0.2) is 39.3 Å². The molecule has 2 unspecified atom stereocenters. The van der Waals surface area contributed by atoms with Gasteiger partial charge in [-0.2, -0.15) is 10.4 Å². The lowest BCUT2D eigenvalue weighted by atomic mass is 9.75. The van der Waals surface area contributed by atoms with E-state index >= 15 is 0 Å². The molecule has 34 heavy (non-hydrogen) atoms. The van der Waals surface area contributed by atoms with Crippen molar-refractivity contribution in [1.29, 1.82) is 5.26 Å². The third-order valence-electron chi connectivity index (χ3n) is 7.10. The summed E-state index contributed by atoms with van der Waals surface area (Å²) in [5.74, 6) is 1.68. The molecule has 3 saturated heterocycles. The molecule has 7 rings (SSSR count). The highest BCUT2D eigenvalue weighted by Crippen LogP contribution is 2.37. The fraction of sp³-hybridized carbons (Fsp3) is 0.296. The van der Waals surface area contributed by atoms with Gasteiger partial charge in [-0.1, -0.05) is 37.3 Å². The summed E-state index contributed by atoms with van der Waals surface area (Å²) < 4.78 is 7.80. The maximum absolute atomic E-state index is 9.65. The van der Waals surface area contributed by atoms with Crippen molar-refractivity contribution in [1.82, 2.24) is 19.9 Å². The largest absolute Gasteiger partial charge is 0.487 e. The highest BCUT2D eigenvalue weighted by molar-refractivity contribution is 5.85. The Morgan fingerprint density at radius 2 is 2.06 bits per heavy atom. The van der Waals surface area contributed by atoms with E-state index in [4.69, 9.17) is 9.72 Å². The predicted molar refractivity (Wildman–Crippen MR) is 131 cm³/mol. The molecule has 3 aromatic heterocycles. The Morgan fingerprint density at radius 1 is 1.21 bits per heavy atom. The second-order valence-electron chi connectivity index (χ2n) is 9.29. The van der Waals surface area contributed by atoms with Crippen LogP contribution in [0.2, 0.25) is 0 Å². The van der Waals surface area contributed by atoms with Gasteiger partial charge in [0.1, 0.15) is 24.2 Å². The minimum Gasteiger partial charge on any atom is -0.487 e. The van der Waals surface area contributed by atoms with Crippen LogP contribution in [0.1, 0.15) is 30.9 Å². The van der Waals surface area contributed by atoms with E-state index in [1.165, 1.54) is 6.42 Å². The number of nitrogens with zero attached hydrogens (tertiary/aromatic N) is 5. The van der Waals surface area contributed by atoms with Gasteiger partial charge in [0.25, 0.3) is 0 Å². The Bertz CT molecular complexity index is 1370. The van der Waals surface area contributed by atoms with Crippen LogP contribution in [0.4, 0.5) is 5.82 Å². The van der Waals surface area contributed by atoms with Crippen molar-refractivity contribution in [2.75, 3.05) is 18.0 Å². The second-order valence-corrected chi connectivity index (χ2v) is 9.29. The SMILES string of the molecule is CCC12CC(CN(c3ccc(-c4cc(OCc5ccccc5)cn5ncc(C#N)c45)cn3)C1)N2. The molecule has 3 fully saturated rings. The zero-order valence-electron chi connectivity index (χ0n) is 19.1. The highest BCUT2D eigenvalue weighted by Gasteiger charge is 2.48. The topological polar surface area (TPSA) is 78.5 Å². The van der Waals surface area contributed by atoms with Gasteiger partial charge in [-0.05, 0) is 36.6 Å². The first-order valence-electron chi connectivity index (χ1n) is 11.7. The van der Waals surface area contributed by atoms with Gasteiger partial charge in [0, 0.05) is 42.0 Å². The van der Waals surface area contributed by atoms with E-state index < -0.39 is 0 Å². The smallest absolute Gasteiger partial charge is 0.138 e. The lowest BCUT2D eigenvalue weighted by Crippen LogP contribution is -2.75. The summed E-state index contributed by atoms with van der Waals surface area (Å²) in [6, 6.07) is 19.0. The molecule has 0 aliphatic carbocycles. The molecule has 7 nitrogen and oxygen atoms in total. The van der Waals surface area contributed by atoms with Crippen LogP contribution < -0.4 is 15.0 Å². The Morgan fingerprint density at radius 3 is 2.79 bits per heavy atom. The van der Waals surface area contributed by atoms with Gasteiger partial charge in [0.05, 0.1) is 23.5 Å². The van der Waals surface area contributed by atoms with E-state index in [2.05, 4.69) is 40.4 Å². The van der Waals surface area contributed by atoms with Gasteiger partial charge in [0.2, 0.25) is 0 Å². The van der Waals surface area contributed by atoms with E-state index in [-0.39, 0.29) is 5.54 Å². The van der Waals surface area contributed by atoms with Crippen LogP contribution in [-0.2, 0) is 6.61 Å². The number of hydrogen-bond acceptors (Lipinski definition) is 6. The monoisotopic (exact) mass is 450 g/mol. The van der Waals surface area contributed by atoms with Gasteiger partial charge in [-0.15, -0.1) is 0 Å². The van der Waals surface area contributed by atoms with Crippen LogP contribution in [0.25, 0.3) is 16.6 Å². The van der Waals surface area contributed by atoms with Crippen molar-refractivity contribution in [2.24, 2.45) is 0 Å². The average molecular weight is 451 g/mol. The Hall–Kier alpha value is -3.89. The molecular weight excluding hydrogens is 424 g/mol. The highest BCUT2D eigenvalue weighted by atomic mass is 16.5. The molecule has 6 heterocycles. The van der Waals surface area contributed by atoms with Crippen LogP contribution in [0.3, 0.4) is 0 Å². The van der Waals surface area contributed by atoms with E-state index in [0.29, 0.717) is 24.0 Å². The van der Waals surface area contributed by atoms with Crippen molar-refractivity contribution in [3.05, 3.63) is 78.2 Å². The first-order chi connectivity index (χ1) is 16.7. The van der Waals surface area contributed by atoms with Gasteiger partial charge in [-0.25, -0.2) is 9.50 Å². The van der Waals surface area contributed by atoms with E-state index in [0.717, 1.165) is 47.5 Å². The standard InChI is InChI=1S/C27H26N6O/c1-2-27-11-22(31-27)15-32(18-27)25-9-8-20(13-29-25)24-10-23(34-17-19-6-4-3-5-7-19)16-33-26(24)21(12-28)14-30-33/h3-10,13-14,16,22,31H,2,11,15,17-18H2,1H3. The Balaban J connectivity index is 1.32. The molecular formula is C27H26N6O.